The standard InChI is InChI=1S/C23H25N5O3/c1-16-25-21(12-22(29)26-16)18-6-8-19(9-7-18)27-23(30)28(15-20-5-3-11-31-20)14-17-4-2-10-24-13-17/h2,4,6-10,12-13,20H,3,5,11,14-15H2,1H3,(H,27,30)(H,25,26,29)/t20-/m1/s1. The zero-order chi connectivity index (χ0) is 21.6. The molecule has 1 fully saturated rings. The Hall–Kier alpha value is -3.52. The third-order valence-electron chi connectivity index (χ3n) is 5.12. The highest BCUT2D eigenvalue weighted by molar-refractivity contribution is 5.89. The van der Waals surface area contributed by atoms with Gasteiger partial charge in [-0.15, -0.1) is 0 Å². The molecule has 3 heterocycles. The van der Waals surface area contributed by atoms with E-state index in [1.54, 1.807) is 36.4 Å². The number of aryl methyl sites for hydroxylation is 1. The highest BCUT2D eigenvalue weighted by Crippen LogP contribution is 2.20. The summed E-state index contributed by atoms with van der Waals surface area (Å²) in [6.07, 6.45) is 5.50. The highest BCUT2D eigenvalue weighted by atomic mass is 16.5. The number of hydrogen-bond donors (Lipinski definition) is 2. The van der Waals surface area contributed by atoms with Gasteiger partial charge in [0, 0.05) is 49.4 Å². The number of aromatic amines is 1. The van der Waals surface area contributed by atoms with E-state index in [-0.39, 0.29) is 17.7 Å². The highest BCUT2D eigenvalue weighted by Gasteiger charge is 2.23. The van der Waals surface area contributed by atoms with Gasteiger partial charge in [0.25, 0.3) is 5.56 Å². The first-order chi connectivity index (χ1) is 15.1. The first-order valence-electron chi connectivity index (χ1n) is 10.3. The lowest BCUT2D eigenvalue weighted by molar-refractivity contribution is 0.0819. The summed E-state index contributed by atoms with van der Waals surface area (Å²) in [4.78, 5) is 37.6. The predicted molar refractivity (Wildman–Crippen MR) is 118 cm³/mol. The molecule has 0 bridgehead atoms. The van der Waals surface area contributed by atoms with Gasteiger partial charge >= 0.3 is 6.03 Å². The van der Waals surface area contributed by atoms with Gasteiger partial charge in [0.05, 0.1) is 11.8 Å². The molecule has 4 rings (SSSR count). The normalized spacial score (nSPS) is 15.6. The van der Waals surface area contributed by atoms with E-state index < -0.39 is 0 Å². The van der Waals surface area contributed by atoms with Crippen LogP contribution in [-0.4, -0.2) is 45.1 Å². The van der Waals surface area contributed by atoms with Crippen LogP contribution in [0.4, 0.5) is 10.5 Å². The van der Waals surface area contributed by atoms with Gasteiger partial charge in [0.1, 0.15) is 5.82 Å². The molecule has 1 aliphatic heterocycles. The summed E-state index contributed by atoms with van der Waals surface area (Å²) in [6.45, 7) is 3.46. The van der Waals surface area contributed by atoms with Crippen LogP contribution in [0.15, 0.2) is 59.7 Å². The molecule has 160 valence electrons. The number of aromatic nitrogens is 3. The molecule has 2 aromatic heterocycles. The van der Waals surface area contributed by atoms with Crippen molar-refractivity contribution in [2.75, 3.05) is 18.5 Å². The van der Waals surface area contributed by atoms with Crippen molar-refractivity contribution >= 4 is 11.7 Å². The topological polar surface area (TPSA) is 100 Å². The Balaban J connectivity index is 1.47. The number of nitrogens with one attached hydrogen (secondary N) is 2. The molecule has 0 aliphatic carbocycles. The Bertz CT molecular complexity index is 1080. The average molecular weight is 419 g/mol. The molecule has 2 amide bonds. The van der Waals surface area contributed by atoms with E-state index in [0.717, 1.165) is 30.6 Å². The van der Waals surface area contributed by atoms with Gasteiger partial charge in [0.15, 0.2) is 0 Å². The molecule has 3 aromatic rings. The molecule has 0 radical (unpaired) electrons. The summed E-state index contributed by atoms with van der Waals surface area (Å²) in [5.74, 6) is 0.556. The van der Waals surface area contributed by atoms with Crippen molar-refractivity contribution in [3.63, 3.8) is 0 Å². The van der Waals surface area contributed by atoms with Gasteiger partial charge in [0.2, 0.25) is 0 Å². The number of ether oxygens (including phenoxy) is 1. The maximum atomic E-state index is 13.0. The van der Waals surface area contributed by atoms with Crippen LogP contribution in [-0.2, 0) is 11.3 Å². The maximum Gasteiger partial charge on any atom is 0.322 e. The van der Waals surface area contributed by atoms with Crippen molar-refractivity contribution in [2.24, 2.45) is 0 Å². The molecule has 0 spiro atoms. The first-order valence-corrected chi connectivity index (χ1v) is 10.3. The SMILES string of the molecule is Cc1nc(-c2ccc(NC(=O)N(Cc3cccnc3)C[C@H]3CCCO3)cc2)cc(=O)[nH]1. The molecule has 8 heteroatoms. The zero-order valence-electron chi connectivity index (χ0n) is 17.4. The smallest absolute Gasteiger partial charge is 0.322 e. The Kier molecular flexibility index (Phi) is 6.37. The van der Waals surface area contributed by atoms with Crippen molar-refractivity contribution in [3.05, 3.63) is 76.6 Å². The largest absolute Gasteiger partial charge is 0.376 e. The fraction of sp³-hybridized carbons (Fsp3) is 0.304. The maximum absolute atomic E-state index is 13.0. The number of rotatable bonds is 6. The second kappa shape index (κ2) is 9.53. The van der Waals surface area contributed by atoms with E-state index in [1.807, 2.05) is 24.3 Å². The summed E-state index contributed by atoms with van der Waals surface area (Å²) in [7, 11) is 0. The summed E-state index contributed by atoms with van der Waals surface area (Å²) in [6, 6.07) is 12.4. The van der Waals surface area contributed by atoms with Crippen LogP contribution in [0.5, 0.6) is 0 Å². The second-order valence-electron chi connectivity index (χ2n) is 7.60. The minimum absolute atomic E-state index is 0.0512. The number of pyridine rings is 1. The van der Waals surface area contributed by atoms with E-state index in [9.17, 15) is 9.59 Å². The average Bonchev–Trinajstić information content (AvgIpc) is 3.27. The van der Waals surface area contributed by atoms with Crippen LogP contribution in [0.1, 0.15) is 24.2 Å². The Labute approximate surface area is 180 Å². The number of carbonyl (C=O) groups excluding carboxylic acids is 1. The number of H-pyrrole nitrogens is 1. The minimum Gasteiger partial charge on any atom is -0.376 e. The van der Waals surface area contributed by atoms with E-state index in [4.69, 9.17) is 4.74 Å². The molecular formula is C23H25N5O3. The number of hydrogen-bond acceptors (Lipinski definition) is 5. The minimum atomic E-state index is -0.197. The van der Waals surface area contributed by atoms with Gasteiger partial charge in [-0.3, -0.25) is 9.78 Å². The van der Waals surface area contributed by atoms with Crippen LogP contribution in [0.25, 0.3) is 11.3 Å². The molecule has 0 saturated carbocycles. The van der Waals surface area contributed by atoms with Gasteiger partial charge in [-0.2, -0.15) is 0 Å². The lowest BCUT2D eigenvalue weighted by atomic mass is 10.1. The molecule has 2 N–H and O–H groups in total. The predicted octanol–water partition coefficient (Wildman–Crippen LogP) is 3.35. The Morgan fingerprint density at radius 1 is 1.29 bits per heavy atom. The van der Waals surface area contributed by atoms with Crippen molar-refractivity contribution < 1.29 is 9.53 Å². The van der Waals surface area contributed by atoms with Crippen LogP contribution in [0, 0.1) is 6.92 Å². The number of urea groups is 1. The molecule has 1 aromatic carbocycles. The molecular weight excluding hydrogens is 394 g/mol. The number of amides is 2. The third-order valence-corrected chi connectivity index (χ3v) is 5.12. The molecule has 1 atom stereocenters. The van der Waals surface area contributed by atoms with Gasteiger partial charge in [-0.05, 0) is 43.5 Å². The van der Waals surface area contributed by atoms with Crippen molar-refractivity contribution in [3.8, 4) is 11.3 Å². The lowest BCUT2D eigenvalue weighted by Crippen LogP contribution is -2.39. The number of benzene rings is 1. The van der Waals surface area contributed by atoms with Crippen LogP contribution in [0.3, 0.4) is 0 Å². The number of carbonyl (C=O) groups is 1. The van der Waals surface area contributed by atoms with Crippen molar-refractivity contribution in [2.45, 2.75) is 32.4 Å². The number of anilines is 1. The molecule has 8 nitrogen and oxygen atoms in total. The molecule has 1 aliphatic rings. The van der Waals surface area contributed by atoms with Gasteiger partial charge < -0.3 is 19.9 Å². The summed E-state index contributed by atoms with van der Waals surface area (Å²) >= 11 is 0. The molecule has 31 heavy (non-hydrogen) atoms. The van der Waals surface area contributed by atoms with Crippen LogP contribution < -0.4 is 10.9 Å². The fourth-order valence-corrected chi connectivity index (χ4v) is 3.62. The first kappa shape index (κ1) is 20.7. The van der Waals surface area contributed by atoms with Gasteiger partial charge in [-0.1, -0.05) is 18.2 Å². The van der Waals surface area contributed by atoms with Crippen LogP contribution in [0.2, 0.25) is 0 Å². The monoisotopic (exact) mass is 419 g/mol. The van der Waals surface area contributed by atoms with Crippen molar-refractivity contribution in [1.29, 1.82) is 0 Å². The van der Waals surface area contributed by atoms with Crippen LogP contribution >= 0.6 is 0 Å². The van der Waals surface area contributed by atoms with E-state index in [2.05, 4.69) is 20.3 Å². The quantitative estimate of drug-likeness (QED) is 0.638. The van der Waals surface area contributed by atoms with E-state index in [1.165, 1.54) is 6.07 Å². The zero-order valence-corrected chi connectivity index (χ0v) is 17.4. The third kappa shape index (κ3) is 5.55. The summed E-state index contributed by atoms with van der Waals surface area (Å²) < 4.78 is 5.73. The second-order valence-corrected chi connectivity index (χ2v) is 7.60. The lowest BCUT2D eigenvalue weighted by Gasteiger charge is -2.26. The Morgan fingerprint density at radius 3 is 2.81 bits per heavy atom. The van der Waals surface area contributed by atoms with E-state index in [0.29, 0.717) is 30.3 Å². The number of nitrogens with zero attached hydrogens (tertiary/aromatic N) is 3. The van der Waals surface area contributed by atoms with Gasteiger partial charge in [-0.25, -0.2) is 9.78 Å². The fourth-order valence-electron chi connectivity index (χ4n) is 3.62. The van der Waals surface area contributed by atoms with Crippen molar-refractivity contribution in [1.82, 2.24) is 19.9 Å². The summed E-state index contributed by atoms with van der Waals surface area (Å²) in [5, 5.41) is 2.96. The Morgan fingerprint density at radius 2 is 2.13 bits per heavy atom. The summed E-state index contributed by atoms with van der Waals surface area (Å²) in [5.41, 5.74) is 2.83. The molecule has 1 saturated heterocycles. The van der Waals surface area contributed by atoms with E-state index >= 15 is 0 Å². The molecule has 0 unspecified atom stereocenters.